The zero-order valence-corrected chi connectivity index (χ0v) is 14.3. The molecule has 4 aromatic rings. The Balaban J connectivity index is 1.63. The quantitative estimate of drug-likeness (QED) is 0.542. The van der Waals surface area contributed by atoms with Gasteiger partial charge in [-0.25, -0.2) is 4.39 Å². The number of para-hydroxylation sites is 1. The number of nitrogens with zero attached hydrogens (tertiary/aromatic N) is 1. The summed E-state index contributed by atoms with van der Waals surface area (Å²) in [5.41, 5.74) is 4.86. The fourth-order valence-corrected chi connectivity index (χ4v) is 3.65. The van der Waals surface area contributed by atoms with E-state index >= 15 is 0 Å². The Kier molecular flexibility index (Phi) is 3.50. The third kappa shape index (κ3) is 2.66. The van der Waals surface area contributed by atoms with Crippen LogP contribution in [0.2, 0.25) is 0 Å². The summed E-state index contributed by atoms with van der Waals surface area (Å²) in [7, 11) is 0. The van der Waals surface area contributed by atoms with Crippen LogP contribution in [0.15, 0.2) is 78.9 Å². The first kappa shape index (κ1) is 15.7. The summed E-state index contributed by atoms with van der Waals surface area (Å²) in [4.78, 5) is 17.4. The van der Waals surface area contributed by atoms with E-state index in [2.05, 4.69) is 5.32 Å². The van der Waals surface area contributed by atoms with Crippen molar-refractivity contribution in [1.82, 2.24) is 4.98 Å². The Morgan fingerprint density at radius 1 is 0.852 bits per heavy atom. The van der Waals surface area contributed by atoms with Crippen molar-refractivity contribution in [2.24, 2.45) is 0 Å². The fraction of sp³-hybridized carbons (Fsp3) is 0.0435. The molecule has 4 heteroatoms. The van der Waals surface area contributed by atoms with Crippen molar-refractivity contribution in [3.63, 3.8) is 0 Å². The third-order valence-electron chi connectivity index (χ3n) is 4.96. The van der Waals surface area contributed by atoms with Gasteiger partial charge >= 0.3 is 0 Å². The number of fused-ring (bicyclic) bond motifs is 2. The molecule has 3 aromatic carbocycles. The molecule has 1 atom stereocenters. The van der Waals surface area contributed by atoms with Gasteiger partial charge < -0.3 is 5.32 Å². The first-order valence-electron chi connectivity index (χ1n) is 8.75. The van der Waals surface area contributed by atoms with E-state index in [1.807, 2.05) is 60.7 Å². The lowest BCUT2D eigenvalue weighted by Crippen LogP contribution is -2.14. The van der Waals surface area contributed by atoms with Gasteiger partial charge in [0.2, 0.25) is 5.91 Å². The summed E-state index contributed by atoms with van der Waals surface area (Å²) in [5.74, 6) is -0.850. The number of nitrogens with one attached hydrogen (secondary N) is 1. The lowest BCUT2D eigenvalue weighted by Gasteiger charge is -2.11. The summed E-state index contributed by atoms with van der Waals surface area (Å²) in [6.07, 6.45) is 0. The van der Waals surface area contributed by atoms with Crippen molar-refractivity contribution in [1.29, 1.82) is 0 Å². The van der Waals surface area contributed by atoms with E-state index < -0.39 is 5.92 Å². The molecule has 2 heterocycles. The predicted molar refractivity (Wildman–Crippen MR) is 104 cm³/mol. The minimum Gasteiger partial charge on any atom is -0.325 e. The average molecular weight is 354 g/mol. The van der Waals surface area contributed by atoms with Crippen LogP contribution in [0.5, 0.6) is 0 Å². The number of halogens is 1. The van der Waals surface area contributed by atoms with Gasteiger partial charge in [0.15, 0.2) is 0 Å². The van der Waals surface area contributed by atoms with Crippen molar-refractivity contribution < 1.29 is 9.18 Å². The van der Waals surface area contributed by atoms with E-state index in [9.17, 15) is 9.18 Å². The molecule has 5 rings (SSSR count). The number of carbonyl (C=O) groups is 1. The van der Waals surface area contributed by atoms with Crippen molar-refractivity contribution in [2.45, 2.75) is 5.92 Å². The highest BCUT2D eigenvalue weighted by Gasteiger charge is 2.33. The number of pyridine rings is 1. The molecule has 1 aliphatic rings. The maximum absolute atomic E-state index is 13.6. The standard InChI is InChI=1S/C23H15FN2O/c24-17-6-3-5-15(12-17)16-9-10-20-18(13-16)22(23(27)26-20)21-11-8-14-4-1-2-7-19(14)25-21/h1-13,22H,(H,26,27). The van der Waals surface area contributed by atoms with Crippen molar-refractivity contribution in [3.05, 3.63) is 95.9 Å². The Morgan fingerprint density at radius 2 is 1.70 bits per heavy atom. The summed E-state index contributed by atoms with van der Waals surface area (Å²) >= 11 is 0. The highest BCUT2D eigenvalue weighted by atomic mass is 19.1. The van der Waals surface area contributed by atoms with E-state index in [0.29, 0.717) is 5.69 Å². The monoisotopic (exact) mass is 354 g/mol. The lowest BCUT2D eigenvalue weighted by molar-refractivity contribution is -0.116. The molecule has 0 radical (unpaired) electrons. The minimum atomic E-state index is -0.474. The number of anilines is 1. The fourth-order valence-electron chi connectivity index (χ4n) is 3.65. The minimum absolute atomic E-state index is 0.0934. The molecule has 1 unspecified atom stereocenters. The van der Waals surface area contributed by atoms with E-state index in [0.717, 1.165) is 33.3 Å². The van der Waals surface area contributed by atoms with Crippen molar-refractivity contribution in [2.75, 3.05) is 5.32 Å². The molecule has 130 valence electrons. The van der Waals surface area contributed by atoms with Gasteiger partial charge in [-0.3, -0.25) is 9.78 Å². The molecule has 0 saturated heterocycles. The Hall–Kier alpha value is -3.53. The number of hydrogen-bond acceptors (Lipinski definition) is 2. The van der Waals surface area contributed by atoms with Gasteiger partial charge in [-0.15, -0.1) is 0 Å². The van der Waals surface area contributed by atoms with Gasteiger partial charge in [0, 0.05) is 11.1 Å². The number of amides is 1. The van der Waals surface area contributed by atoms with Crippen LogP contribution in [0.4, 0.5) is 10.1 Å². The van der Waals surface area contributed by atoms with Crippen LogP contribution < -0.4 is 5.32 Å². The molecule has 0 bridgehead atoms. The molecule has 1 N–H and O–H groups in total. The smallest absolute Gasteiger partial charge is 0.238 e. The Labute approximate surface area is 155 Å². The van der Waals surface area contributed by atoms with E-state index in [4.69, 9.17) is 4.98 Å². The molecule has 0 saturated carbocycles. The maximum Gasteiger partial charge on any atom is 0.238 e. The van der Waals surface area contributed by atoms with E-state index in [1.54, 1.807) is 6.07 Å². The molecule has 0 fully saturated rings. The number of benzene rings is 3. The molecular weight excluding hydrogens is 339 g/mol. The van der Waals surface area contributed by atoms with Crippen LogP contribution in [-0.4, -0.2) is 10.9 Å². The molecule has 0 aliphatic carbocycles. The highest BCUT2D eigenvalue weighted by Crippen LogP contribution is 2.39. The van der Waals surface area contributed by atoms with Crippen molar-refractivity contribution in [3.8, 4) is 11.1 Å². The molecule has 27 heavy (non-hydrogen) atoms. The van der Waals surface area contributed by atoms with Crippen LogP contribution in [0.3, 0.4) is 0 Å². The summed E-state index contributed by atoms with van der Waals surface area (Å²) in [6, 6.07) is 23.9. The molecule has 1 amide bonds. The summed E-state index contributed by atoms with van der Waals surface area (Å²) in [6.45, 7) is 0. The molecular formula is C23H15FN2O. The van der Waals surface area contributed by atoms with Gasteiger partial charge in [0.05, 0.1) is 11.2 Å². The average Bonchev–Trinajstić information content (AvgIpc) is 3.02. The van der Waals surface area contributed by atoms with Gasteiger partial charge in [-0.05, 0) is 53.1 Å². The Bertz CT molecular complexity index is 1200. The zero-order valence-electron chi connectivity index (χ0n) is 14.3. The second-order valence-electron chi connectivity index (χ2n) is 6.66. The Morgan fingerprint density at radius 3 is 2.59 bits per heavy atom. The molecule has 1 aliphatic heterocycles. The number of hydrogen-bond donors (Lipinski definition) is 1. The van der Waals surface area contributed by atoms with E-state index in [1.165, 1.54) is 12.1 Å². The highest BCUT2D eigenvalue weighted by molar-refractivity contribution is 6.05. The van der Waals surface area contributed by atoms with Crippen LogP contribution in [0.1, 0.15) is 17.2 Å². The van der Waals surface area contributed by atoms with Gasteiger partial charge in [0.1, 0.15) is 11.7 Å². The number of carbonyl (C=O) groups excluding carboxylic acids is 1. The molecule has 0 spiro atoms. The second kappa shape index (κ2) is 6.02. The first-order valence-corrected chi connectivity index (χ1v) is 8.75. The van der Waals surface area contributed by atoms with Crippen LogP contribution in [0, 0.1) is 5.82 Å². The second-order valence-corrected chi connectivity index (χ2v) is 6.66. The summed E-state index contributed by atoms with van der Waals surface area (Å²) < 4.78 is 13.6. The van der Waals surface area contributed by atoms with Crippen molar-refractivity contribution >= 4 is 22.5 Å². The zero-order chi connectivity index (χ0) is 18.4. The van der Waals surface area contributed by atoms with Crippen LogP contribution in [-0.2, 0) is 4.79 Å². The number of aromatic nitrogens is 1. The van der Waals surface area contributed by atoms with E-state index in [-0.39, 0.29) is 11.7 Å². The predicted octanol–water partition coefficient (Wildman–Crippen LogP) is 5.12. The lowest BCUT2D eigenvalue weighted by atomic mass is 9.93. The topological polar surface area (TPSA) is 42.0 Å². The normalized spacial score (nSPS) is 15.6. The van der Waals surface area contributed by atoms with Crippen LogP contribution >= 0.6 is 0 Å². The summed E-state index contributed by atoms with van der Waals surface area (Å²) in [5, 5.41) is 3.97. The molecule has 1 aromatic heterocycles. The van der Waals surface area contributed by atoms with Gasteiger partial charge in [0.25, 0.3) is 0 Å². The first-order chi connectivity index (χ1) is 13.2. The van der Waals surface area contributed by atoms with Gasteiger partial charge in [-0.1, -0.05) is 42.5 Å². The SMILES string of the molecule is O=C1Nc2ccc(-c3cccc(F)c3)cc2C1c1ccc2ccccc2n1. The third-order valence-corrected chi connectivity index (χ3v) is 4.96. The van der Waals surface area contributed by atoms with Crippen LogP contribution in [0.25, 0.3) is 22.0 Å². The number of rotatable bonds is 2. The maximum atomic E-state index is 13.6. The van der Waals surface area contributed by atoms with Gasteiger partial charge in [-0.2, -0.15) is 0 Å². The molecule has 3 nitrogen and oxygen atoms in total. The largest absolute Gasteiger partial charge is 0.325 e.